The number of nitrogens with zero attached hydrogens (tertiary/aromatic N) is 2. The quantitative estimate of drug-likeness (QED) is 0.804. The number of hydrogen-bond donors (Lipinski definition) is 1. The van der Waals surface area contributed by atoms with Gasteiger partial charge in [0, 0.05) is 32.5 Å². The highest BCUT2D eigenvalue weighted by Gasteiger charge is 2.11. The van der Waals surface area contributed by atoms with E-state index in [0.717, 1.165) is 14.5 Å². The van der Waals surface area contributed by atoms with Gasteiger partial charge in [-0.25, -0.2) is 0 Å². The van der Waals surface area contributed by atoms with E-state index in [-0.39, 0.29) is 0 Å². The monoisotopic (exact) mass is 377 g/mol. The Morgan fingerprint density at radius 2 is 2.05 bits per heavy atom. The molecule has 0 atom stereocenters. The van der Waals surface area contributed by atoms with E-state index in [1.165, 1.54) is 0 Å². The standard InChI is InChI=1S/C14H9Br2N3/c15-10-3-4-13(16)11(6-10)14(18)12(7-17)9-2-1-5-19-8-9/h1-6,8H,18H2/b14-12-. The first kappa shape index (κ1) is 13.8. The minimum atomic E-state index is 0.409. The fraction of sp³-hybridized carbons (Fsp3) is 0. The summed E-state index contributed by atoms with van der Waals surface area (Å²) in [4.78, 5) is 4.01. The first-order chi connectivity index (χ1) is 9.13. The molecule has 0 spiro atoms. The van der Waals surface area contributed by atoms with Crippen LogP contribution in [0.3, 0.4) is 0 Å². The van der Waals surface area contributed by atoms with Gasteiger partial charge in [-0.15, -0.1) is 0 Å². The summed E-state index contributed by atoms with van der Waals surface area (Å²) in [6.07, 6.45) is 3.28. The molecule has 94 valence electrons. The molecular formula is C14H9Br2N3. The Bertz CT molecular complexity index is 673. The van der Waals surface area contributed by atoms with Crippen molar-refractivity contribution in [3.63, 3.8) is 0 Å². The highest BCUT2D eigenvalue weighted by atomic mass is 79.9. The number of allylic oxidation sites excluding steroid dienone is 1. The maximum Gasteiger partial charge on any atom is 0.102 e. The first-order valence-corrected chi connectivity index (χ1v) is 6.97. The molecule has 0 fully saturated rings. The average molecular weight is 379 g/mol. The molecule has 19 heavy (non-hydrogen) atoms. The summed E-state index contributed by atoms with van der Waals surface area (Å²) >= 11 is 6.84. The van der Waals surface area contributed by atoms with Crippen LogP contribution in [0.2, 0.25) is 0 Å². The molecule has 0 saturated carbocycles. The normalized spacial score (nSPS) is 11.6. The third kappa shape index (κ3) is 3.03. The van der Waals surface area contributed by atoms with Gasteiger partial charge >= 0.3 is 0 Å². The molecule has 1 heterocycles. The number of pyridine rings is 1. The van der Waals surface area contributed by atoms with Crippen LogP contribution in [0.1, 0.15) is 11.1 Å². The van der Waals surface area contributed by atoms with Crippen LogP contribution in [0.5, 0.6) is 0 Å². The fourth-order valence-corrected chi connectivity index (χ4v) is 2.45. The van der Waals surface area contributed by atoms with Crippen LogP contribution in [0, 0.1) is 11.3 Å². The number of rotatable bonds is 2. The summed E-state index contributed by atoms with van der Waals surface area (Å²) in [6, 6.07) is 11.4. The van der Waals surface area contributed by atoms with Crippen molar-refractivity contribution in [1.82, 2.24) is 4.98 Å². The summed E-state index contributed by atoms with van der Waals surface area (Å²) in [7, 11) is 0. The minimum Gasteiger partial charge on any atom is -0.397 e. The minimum absolute atomic E-state index is 0.409. The smallest absolute Gasteiger partial charge is 0.102 e. The van der Waals surface area contributed by atoms with E-state index in [2.05, 4.69) is 42.9 Å². The van der Waals surface area contributed by atoms with Crippen molar-refractivity contribution in [3.05, 3.63) is 62.8 Å². The van der Waals surface area contributed by atoms with E-state index in [9.17, 15) is 5.26 Å². The predicted molar refractivity (Wildman–Crippen MR) is 82.7 cm³/mol. The Kier molecular flexibility index (Phi) is 4.35. The Morgan fingerprint density at radius 3 is 2.68 bits per heavy atom. The predicted octanol–water partition coefficient (Wildman–Crippen LogP) is 3.96. The molecule has 1 aromatic carbocycles. The van der Waals surface area contributed by atoms with Crippen molar-refractivity contribution >= 4 is 43.1 Å². The Labute approximate surface area is 128 Å². The molecule has 0 amide bonds. The van der Waals surface area contributed by atoms with Gasteiger partial charge in [-0.1, -0.05) is 37.9 Å². The number of aromatic nitrogens is 1. The van der Waals surface area contributed by atoms with Gasteiger partial charge in [-0.05, 0) is 24.3 Å². The van der Waals surface area contributed by atoms with Gasteiger partial charge in [0.25, 0.3) is 0 Å². The van der Waals surface area contributed by atoms with Crippen molar-refractivity contribution in [3.8, 4) is 6.07 Å². The highest BCUT2D eigenvalue weighted by molar-refractivity contribution is 9.11. The van der Waals surface area contributed by atoms with Crippen LogP contribution < -0.4 is 5.73 Å². The van der Waals surface area contributed by atoms with Gasteiger partial charge in [-0.3, -0.25) is 4.98 Å². The van der Waals surface area contributed by atoms with Crippen LogP contribution >= 0.6 is 31.9 Å². The second kappa shape index (κ2) is 6.00. The van der Waals surface area contributed by atoms with E-state index in [1.807, 2.05) is 24.3 Å². The van der Waals surface area contributed by atoms with Crippen molar-refractivity contribution in [2.45, 2.75) is 0 Å². The fourth-order valence-electron chi connectivity index (χ4n) is 1.63. The zero-order chi connectivity index (χ0) is 13.8. The molecule has 2 rings (SSSR count). The van der Waals surface area contributed by atoms with Crippen molar-refractivity contribution in [2.75, 3.05) is 0 Å². The van der Waals surface area contributed by atoms with Crippen LogP contribution in [0.15, 0.2) is 51.7 Å². The Hall–Kier alpha value is -1.64. The lowest BCUT2D eigenvalue weighted by Crippen LogP contribution is -2.02. The molecule has 0 aliphatic rings. The number of nitrogens with two attached hydrogens (primary N) is 1. The topological polar surface area (TPSA) is 62.7 Å². The zero-order valence-electron chi connectivity index (χ0n) is 9.77. The van der Waals surface area contributed by atoms with E-state index in [0.29, 0.717) is 16.8 Å². The second-order valence-electron chi connectivity index (χ2n) is 3.77. The number of halogens is 2. The molecule has 0 unspecified atom stereocenters. The van der Waals surface area contributed by atoms with Gasteiger partial charge in [0.15, 0.2) is 0 Å². The molecule has 0 aliphatic carbocycles. The summed E-state index contributed by atoms with van der Waals surface area (Å²) in [5, 5.41) is 9.33. The molecule has 0 aliphatic heterocycles. The van der Waals surface area contributed by atoms with E-state index >= 15 is 0 Å². The SMILES string of the molecule is N#C/C(=C(/N)c1cc(Br)ccc1Br)c1cccnc1. The molecule has 3 nitrogen and oxygen atoms in total. The van der Waals surface area contributed by atoms with E-state index in [4.69, 9.17) is 5.73 Å². The molecule has 2 N–H and O–H groups in total. The first-order valence-electron chi connectivity index (χ1n) is 5.39. The summed E-state index contributed by atoms with van der Waals surface area (Å²) in [5.74, 6) is 0. The maximum absolute atomic E-state index is 9.33. The highest BCUT2D eigenvalue weighted by Crippen LogP contribution is 2.29. The molecular weight excluding hydrogens is 370 g/mol. The van der Waals surface area contributed by atoms with Gasteiger partial charge in [0.05, 0.1) is 11.3 Å². The lowest BCUT2D eigenvalue weighted by Gasteiger charge is -2.08. The molecule has 0 radical (unpaired) electrons. The van der Waals surface area contributed by atoms with E-state index < -0.39 is 0 Å². The molecule has 0 bridgehead atoms. The van der Waals surface area contributed by atoms with Gasteiger partial charge in [-0.2, -0.15) is 5.26 Å². The number of hydrogen-bond acceptors (Lipinski definition) is 3. The lowest BCUT2D eigenvalue weighted by atomic mass is 10.0. The van der Waals surface area contributed by atoms with Gasteiger partial charge < -0.3 is 5.73 Å². The maximum atomic E-state index is 9.33. The average Bonchev–Trinajstić information content (AvgIpc) is 2.43. The van der Waals surface area contributed by atoms with Crippen molar-refractivity contribution < 1.29 is 0 Å². The van der Waals surface area contributed by atoms with Crippen molar-refractivity contribution in [2.24, 2.45) is 5.73 Å². The molecule has 2 aromatic rings. The lowest BCUT2D eigenvalue weighted by molar-refractivity contribution is 1.31. The van der Waals surface area contributed by atoms with Crippen LogP contribution in [-0.4, -0.2) is 4.98 Å². The molecule has 1 aromatic heterocycles. The Morgan fingerprint density at radius 1 is 1.26 bits per heavy atom. The molecule has 0 saturated heterocycles. The Balaban J connectivity index is 2.62. The summed E-state index contributed by atoms with van der Waals surface area (Å²) in [6.45, 7) is 0. The zero-order valence-corrected chi connectivity index (χ0v) is 12.9. The third-order valence-corrected chi connectivity index (χ3v) is 3.73. The van der Waals surface area contributed by atoms with Crippen LogP contribution in [0.4, 0.5) is 0 Å². The van der Waals surface area contributed by atoms with E-state index in [1.54, 1.807) is 18.5 Å². The van der Waals surface area contributed by atoms with Crippen LogP contribution in [0.25, 0.3) is 11.3 Å². The van der Waals surface area contributed by atoms with Gasteiger partial charge in [0.1, 0.15) is 6.07 Å². The van der Waals surface area contributed by atoms with Crippen LogP contribution in [-0.2, 0) is 0 Å². The number of nitriles is 1. The van der Waals surface area contributed by atoms with Crippen molar-refractivity contribution in [1.29, 1.82) is 5.26 Å². The van der Waals surface area contributed by atoms with Gasteiger partial charge in [0.2, 0.25) is 0 Å². The largest absolute Gasteiger partial charge is 0.397 e. The number of benzene rings is 1. The summed E-state index contributed by atoms with van der Waals surface area (Å²) < 4.78 is 1.74. The second-order valence-corrected chi connectivity index (χ2v) is 5.54. The summed E-state index contributed by atoms with van der Waals surface area (Å²) in [5.41, 5.74) is 8.44. The third-order valence-electron chi connectivity index (χ3n) is 2.55. The molecule has 5 heteroatoms.